The molecule has 2 aromatic rings. The maximum absolute atomic E-state index is 13.4. The smallest absolute Gasteiger partial charge is 0.221 e. The lowest BCUT2D eigenvalue weighted by Crippen LogP contribution is -1.95. The molecule has 0 bridgehead atoms. The van der Waals surface area contributed by atoms with E-state index in [0.717, 1.165) is 47.6 Å². The maximum atomic E-state index is 13.4. The van der Waals surface area contributed by atoms with Gasteiger partial charge < -0.3 is 0 Å². The molecule has 0 atom stereocenters. The largest absolute Gasteiger partial charge is 0.232 e. The van der Waals surface area contributed by atoms with Crippen LogP contribution in [0.5, 0.6) is 0 Å². The van der Waals surface area contributed by atoms with E-state index in [0.29, 0.717) is 5.01 Å². The molecular weight excluding hydrogens is 314 g/mol. The van der Waals surface area contributed by atoms with Gasteiger partial charge in [0.2, 0.25) is 14.2 Å². The van der Waals surface area contributed by atoms with E-state index >= 15 is 0 Å². The van der Waals surface area contributed by atoms with Crippen LogP contribution in [0.4, 0.5) is 8.78 Å². The third kappa shape index (κ3) is 3.71. The molecule has 102 valence electrons. The molecule has 19 heavy (non-hydrogen) atoms. The van der Waals surface area contributed by atoms with E-state index in [1.54, 1.807) is 0 Å². The summed E-state index contributed by atoms with van der Waals surface area (Å²) in [5, 5.41) is 7.68. The number of halogens is 2. The minimum atomic E-state index is -3.38. The Bertz CT molecular complexity index is 701. The molecule has 0 aliphatic carbocycles. The molecule has 0 amide bonds. The predicted octanol–water partition coefficient (Wildman–Crippen LogP) is 2.51. The van der Waals surface area contributed by atoms with Crippen LogP contribution < -0.4 is 0 Å². The standard InChI is InChI=1S/C10H8F2N2O2S3/c1-19(15,16)10-14-13-9(18-10)5-17-8-4-6(11)2-3-7(8)12/h2-4H,5H2,1H3. The molecule has 0 aliphatic heterocycles. The van der Waals surface area contributed by atoms with Crippen LogP contribution in [-0.2, 0) is 15.6 Å². The predicted molar refractivity (Wildman–Crippen MR) is 68.9 cm³/mol. The summed E-state index contributed by atoms with van der Waals surface area (Å²) in [5.74, 6) is -0.828. The minimum absolute atomic E-state index is 0.0807. The highest BCUT2D eigenvalue weighted by atomic mass is 32.2. The molecule has 0 saturated carbocycles. The highest BCUT2D eigenvalue weighted by Crippen LogP contribution is 2.28. The third-order valence-corrected chi connectivity index (χ3v) is 5.83. The van der Waals surface area contributed by atoms with Gasteiger partial charge in [-0.1, -0.05) is 11.3 Å². The Morgan fingerprint density at radius 2 is 2.05 bits per heavy atom. The highest BCUT2D eigenvalue weighted by molar-refractivity contribution is 7.98. The quantitative estimate of drug-likeness (QED) is 0.810. The van der Waals surface area contributed by atoms with Gasteiger partial charge in [0.1, 0.15) is 16.6 Å². The average molecular weight is 322 g/mol. The highest BCUT2D eigenvalue weighted by Gasteiger charge is 2.15. The van der Waals surface area contributed by atoms with Gasteiger partial charge in [0, 0.05) is 11.2 Å². The van der Waals surface area contributed by atoms with Gasteiger partial charge in [0.25, 0.3) is 0 Å². The summed E-state index contributed by atoms with van der Waals surface area (Å²) in [6.07, 6.45) is 1.04. The van der Waals surface area contributed by atoms with E-state index in [9.17, 15) is 17.2 Å². The summed E-state index contributed by atoms with van der Waals surface area (Å²) in [7, 11) is -3.38. The molecule has 0 aliphatic rings. The van der Waals surface area contributed by atoms with E-state index in [1.807, 2.05) is 0 Å². The van der Waals surface area contributed by atoms with Crippen molar-refractivity contribution in [2.45, 2.75) is 15.0 Å². The lowest BCUT2D eigenvalue weighted by molar-refractivity contribution is 0.577. The SMILES string of the molecule is CS(=O)(=O)c1nnc(CSc2cc(F)ccc2F)s1. The molecule has 0 fully saturated rings. The van der Waals surface area contributed by atoms with E-state index < -0.39 is 21.5 Å². The molecule has 0 radical (unpaired) electrons. The topological polar surface area (TPSA) is 59.9 Å². The number of benzene rings is 1. The fraction of sp³-hybridized carbons (Fsp3) is 0.200. The van der Waals surface area contributed by atoms with Gasteiger partial charge in [0.15, 0.2) is 0 Å². The van der Waals surface area contributed by atoms with E-state index in [-0.39, 0.29) is 15.0 Å². The molecule has 1 aromatic heterocycles. The average Bonchev–Trinajstić information content (AvgIpc) is 2.79. The molecule has 1 aromatic carbocycles. The molecular formula is C10H8F2N2O2S3. The van der Waals surface area contributed by atoms with Crippen LogP contribution in [0.3, 0.4) is 0 Å². The summed E-state index contributed by atoms with van der Waals surface area (Å²) < 4.78 is 48.6. The third-order valence-electron chi connectivity index (χ3n) is 2.01. The van der Waals surface area contributed by atoms with Crippen molar-refractivity contribution in [3.05, 3.63) is 34.8 Å². The molecule has 0 saturated heterocycles. The Kier molecular flexibility index (Phi) is 4.16. The molecule has 2 rings (SSSR count). The Labute approximate surface area is 116 Å². The molecule has 0 unspecified atom stereocenters. The fourth-order valence-electron chi connectivity index (χ4n) is 1.17. The van der Waals surface area contributed by atoms with Crippen LogP contribution in [0.25, 0.3) is 0 Å². The molecule has 4 nitrogen and oxygen atoms in total. The van der Waals surface area contributed by atoms with Crippen molar-refractivity contribution in [1.82, 2.24) is 10.2 Å². The molecule has 9 heteroatoms. The van der Waals surface area contributed by atoms with Crippen molar-refractivity contribution < 1.29 is 17.2 Å². The van der Waals surface area contributed by atoms with Crippen molar-refractivity contribution in [2.75, 3.05) is 6.26 Å². The number of aromatic nitrogens is 2. The first-order valence-corrected chi connectivity index (χ1v) is 8.66. The molecule has 0 spiro atoms. The monoisotopic (exact) mass is 322 g/mol. The number of sulfone groups is 1. The summed E-state index contributed by atoms with van der Waals surface area (Å²) in [6, 6.07) is 3.16. The minimum Gasteiger partial charge on any atom is -0.221 e. The second-order valence-electron chi connectivity index (χ2n) is 3.60. The maximum Gasteiger partial charge on any atom is 0.232 e. The van der Waals surface area contributed by atoms with Gasteiger partial charge in [-0.2, -0.15) is 0 Å². The number of hydrogen-bond donors (Lipinski definition) is 0. The van der Waals surface area contributed by atoms with Crippen LogP contribution in [0, 0.1) is 11.6 Å². The van der Waals surface area contributed by atoms with Crippen molar-refractivity contribution in [2.24, 2.45) is 0 Å². The number of rotatable bonds is 4. The van der Waals surface area contributed by atoms with Crippen molar-refractivity contribution in [1.29, 1.82) is 0 Å². The van der Waals surface area contributed by atoms with Crippen LogP contribution in [0.15, 0.2) is 27.4 Å². The second-order valence-corrected chi connectivity index (χ2v) is 7.87. The lowest BCUT2D eigenvalue weighted by Gasteiger charge is -2.00. The first kappa shape index (κ1) is 14.4. The van der Waals surface area contributed by atoms with Gasteiger partial charge >= 0.3 is 0 Å². The van der Waals surface area contributed by atoms with Gasteiger partial charge in [0.05, 0.1) is 5.75 Å². The van der Waals surface area contributed by atoms with Crippen LogP contribution in [0.2, 0.25) is 0 Å². The van der Waals surface area contributed by atoms with Gasteiger partial charge in [-0.15, -0.1) is 22.0 Å². The summed E-state index contributed by atoms with van der Waals surface area (Å²) in [6.45, 7) is 0. The number of thioether (sulfide) groups is 1. The van der Waals surface area contributed by atoms with Crippen molar-refractivity contribution in [3.63, 3.8) is 0 Å². The van der Waals surface area contributed by atoms with Crippen LogP contribution in [0.1, 0.15) is 5.01 Å². The fourth-order valence-corrected chi connectivity index (χ4v) is 3.77. The Morgan fingerprint density at radius 1 is 1.32 bits per heavy atom. The summed E-state index contributed by atoms with van der Waals surface area (Å²) >= 11 is 1.96. The zero-order chi connectivity index (χ0) is 14.0. The van der Waals surface area contributed by atoms with Gasteiger partial charge in [-0.3, -0.25) is 0 Å². The van der Waals surface area contributed by atoms with Gasteiger partial charge in [-0.25, -0.2) is 17.2 Å². The van der Waals surface area contributed by atoms with Crippen LogP contribution in [-0.4, -0.2) is 24.9 Å². The first-order valence-electron chi connectivity index (χ1n) is 4.96. The number of hydrogen-bond acceptors (Lipinski definition) is 6. The normalized spacial score (nSPS) is 11.7. The Hall–Kier alpha value is -1.06. The zero-order valence-electron chi connectivity index (χ0n) is 9.63. The molecule has 0 N–H and O–H groups in total. The molecule has 1 heterocycles. The Morgan fingerprint density at radius 3 is 2.68 bits per heavy atom. The summed E-state index contributed by atoms with van der Waals surface area (Å²) in [5.41, 5.74) is 0. The number of nitrogens with zero attached hydrogens (tertiary/aromatic N) is 2. The second kappa shape index (κ2) is 5.51. The lowest BCUT2D eigenvalue weighted by atomic mass is 10.3. The summed E-state index contributed by atoms with van der Waals surface area (Å²) in [4.78, 5) is 0.149. The van der Waals surface area contributed by atoms with Crippen molar-refractivity contribution in [3.8, 4) is 0 Å². The van der Waals surface area contributed by atoms with Crippen molar-refractivity contribution >= 4 is 32.9 Å². The van der Waals surface area contributed by atoms with Crippen LogP contribution >= 0.6 is 23.1 Å². The van der Waals surface area contributed by atoms with Gasteiger partial charge in [-0.05, 0) is 18.2 Å². The van der Waals surface area contributed by atoms with E-state index in [1.165, 1.54) is 0 Å². The first-order chi connectivity index (χ1) is 8.86. The van der Waals surface area contributed by atoms with E-state index in [2.05, 4.69) is 10.2 Å². The zero-order valence-corrected chi connectivity index (χ0v) is 12.1. The Balaban J connectivity index is 2.11. The van der Waals surface area contributed by atoms with E-state index in [4.69, 9.17) is 0 Å².